The van der Waals surface area contributed by atoms with E-state index in [1.807, 2.05) is 18.2 Å². The number of nitrogens with zero attached hydrogens (tertiary/aromatic N) is 3. The fourth-order valence-electron chi connectivity index (χ4n) is 2.57. The molecule has 0 saturated carbocycles. The van der Waals surface area contributed by atoms with Crippen molar-refractivity contribution >= 4 is 27.7 Å². The number of pyridine rings is 1. The molecule has 0 spiro atoms. The Bertz CT molecular complexity index is 1080. The predicted molar refractivity (Wildman–Crippen MR) is 85.8 cm³/mol. The standard InChI is InChI=1S/C16H11N5O2/c22-15-10-4-1-2-7-13(10)19-14-11(15)5-3-6-12(14)16(23)20-21-8-17-18-9-21/h1-9H,(H,19,22)(H,20,23). The first-order valence-corrected chi connectivity index (χ1v) is 6.94. The van der Waals surface area contributed by atoms with Crippen molar-refractivity contribution in [1.82, 2.24) is 19.9 Å². The maximum absolute atomic E-state index is 12.6. The lowest BCUT2D eigenvalue weighted by Crippen LogP contribution is -2.22. The van der Waals surface area contributed by atoms with Crippen LogP contribution in [0.3, 0.4) is 0 Å². The van der Waals surface area contributed by atoms with E-state index in [9.17, 15) is 9.59 Å². The summed E-state index contributed by atoms with van der Waals surface area (Å²) in [6.07, 6.45) is 2.75. The first kappa shape index (κ1) is 13.2. The van der Waals surface area contributed by atoms with Crippen molar-refractivity contribution in [3.05, 3.63) is 70.9 Å². The summed E-state index contributed by atoms with van der Waals surface area (Å²) in [5.74, 6) is -0.360. The molecule has 4 rings (SSSR count). The molecule has 0 aliphatic carbocycles. The molecule has 4 aromatic rings. The number of aromatic nitrogens is 4. The van der Waals surface area contributed by atoms with Crippen LogP contribution in [0.2, 0.25) is 0 Å². The Morgan fingerprint density at radius 2 is 1.74 bits per heavy atom. The summed E-state index contributed by atoms with van der Waals surface area (Å²) >= 11 is 0. The number of benzene rings is 2. The third kappa shape index (κ3) is 2.15. The van der Waals surface area contributed by atoms with E-state index in [0.29, 0.717) is 27.4 Å². The molecule has 2 aromatic carbocycles. The lowest BCUT2D eigenvalue weighted by molar-refractivity contribution is 0.101. The summed E-state index contributed by atoms with van der Waals surface area (Å²) in [6, 6.07) is 12.3. The number of hydrogen-bond donors (Lipinski definition) is 2. The quantitative estimate of drug-likeness (QED) is 0.551. The zero-order valence-electron chi connectivity index (χ0n) is 11.9. The van der Waals surface area contributed by atoms with E-state index in [1.54, 1.807) is 24.3 Å². The Morgan fingerprint density at radius 3 is 2.57 bits per heavy atom. The average molecular weight is 305 g/mol. The Hall–Kier alpha value is -3.48. The van der Waals surface area contributed by atoms with Crippen molar-refractivity contribution in [3.8, 4) is 0 Å². The second-order valence-electron chi connectivity index (χ2n) is 5.04. The minimum atomic E-state index is -0.360. The van der Waals surface area contributed by atoms with E-state index >= 15 is 0 Å². The van der Waals surface area contributed by atoms with Gasteiger partial charge in [0.25, 0.3) is 5.91 Å². The largest absolute Gasteiger partial charge is 0.354 e. The van der Waals surface area contributed by atoms with Crippen LogP contribution in [-0.2, 0) is 0 Å². The lowest BCUT2D eigenvalue weighted by Gasteiger charge is -2.09. The van der Waals surface area contributed by atoms with Crippen molar-refractivity contribution in [3.63, 3.8) is 0 Å². The number of aromatic amines is 1. The van der Waals surface area contributed by atoms with Crippen molar-refractivity contribution in [2.75, 3.05) is 5.43 Å². The lowest BCUT2D eigenvalue weighted by atomic mass is 10.1. The second-order valence-corrected chi connectivity index (χ2v) is 5.04. The van der Waals surface area contributed by atoms with Crippen molar-refractivity contribution in [2.24, 2.45) is 0 Å². The third-order valence-corrected chi connectivity index (χ3v) is 3.63. The number of carbonyl (C=O) groups excluding carboxylic acids is 1. The van der Waals surface area contributed by atoms with E-state index in [-0.39, 0.29) is 11.3 Å². The van der Waals surface area contributed by atoms with E-state index in [4.69, 9.17) is 0 Å². The van der Waals surface area contributed by atoms with Crippen LogP contribution in [0.5, 0.6) is 0 Å². The van der Waals surface area contributed by atoms with Gasteiger partial charge in [-0.15, -0.1) is 10.2 Å². The van der Waals surface area contributed by atoms with Gasteiger partial charge in [-0.25, -0.2) is 4.68 Å². The summed E-state index contributed by atoms with van der Waals surface area (Å²) in [4.78, 5) is 28.2. The number of carbonyl (C=O) groups is 1. The summed E-state index contributed by atoms with van der Waals surface area (Å²) in [6.45, 7) is 0. The smallest absolute Gasteiger partial charge is 0.272 e. The minimum absolute atomic E-state index is 0.103. The summed E-state index contributed by atoms with van der Waals surface area (Å²) in [5.41, 5.74) is 4.09. The van der Waals surface area contributed by atoms with Gasteiger partial charge in [-0.2, -0.15) is 0 Å². The second kappa shape index (κ2) is 5.06. The molecular formula is C16H11N5O2. The van der Waals surface area contributed by atoms with E-state index in [0.717, 1.165) is 0 Å². The zero-order chi connectivity index (χ0) is 15.8. The molecule has 23 heavy (non-hydrogen) atoms. The van der Waals surface area contributed by atoms with Crippen LogP contribution in [0.15, 0.2) is 59.9 Å². The van der Waals surface area contributed by atoms with Gasteiger partial charge in [0.1, 0.15) is 12.7 Å². The molecular weight excluding hydrogens is 294 g/mol. The maximum atomic E-state index is 12.6. The summed E-state index contributed by atoms with van der Waals surface area (Å²) in [5, 5.41) is 8.32. The first-order chi connectivity index (χ1) is 11.2. The third-order valence-electron chi connectivity index (χ3n) is 3.63. The van der Waals surface area contributed by atoms with Gasteiger partial charge in [-0.3, -0.25) is 15.0 Å². The highest BCUT2D eigenvalue weighted by Crippen LogP contribution is 2.18. The molecule has 0 atom stereocenters. The number of nitrogens with one attached hydrogen (secondary N) is 2. The Labute approximate surface area is 129 Å². The highest BCUT2D eigenvalue weighted by Gasteiger charge is 2.14. The molecule has 0 unspecified atom stereocenters. The first-order valence-electron chi connectivity index (χ1n) is 6.94. The van der Waals surface area contributed by atoms with Crippen molar-refractivity contribution < 1.29 is 4.79 Å². The van der Waals surface area contributed by atoms with Crippen molar-refractivity contribution in [2.45, 2.75) is 0 Å². The number of amides is 1. The molecule has 0 aliphatic heterocycles. The van der Waals surface area contributed by atoms with Gasteiger partial charge < -0.3 is 4.98 Å². The Kier molecular flexibility index (Phi) is 2.90. The van der Waals surface area contributed by atoms with Gasteiger partial charge in [0.05, 0.1) is 11.1 Å². The van der Waals surface area contributed by atoms with Crippen LogP contribution in [-0.4, -0.2) is 25.8 Å². The molecule has 2 N–H and O–H groups in total. The minimum Gasteiger partial charge on any atom is -0.354 e. The van der Waals surface area contributed by atoms with E-state index < -0.39 is 0 Å². The number of rotatable bonds is 2. The fourth-order valence-corrected chi connectivity index (χ4v) is 2.57. The van der Waals surface area contributed by atoms with Gasteiger partial charge in [-0.1, -0.05) is 18.2 Å². The molecule has 2 heterocycles. The molecule has 7 heteroatoms. The topological polar surface area (TPSA) is 92.7 Å². The summed E-state index contributed by atoms with van der Waals surface area (Å²) in [7, 11) is 0. The molecule has 0 bridgehead atoms. The summed E-state index contributed by atoms with van der Waals surface area (Å²) < 4.78 is 1.35. The van der Waals surface area contributed by atoms with Gasteiger partial charge in [0.15, 0.2) is 5.43 Å². The molecule has 0 saturated heterocycles. The highest BCUT2D eigenvalue weighted by molar-refractivity contribution is 6.10. The van der Waals surface area contributed by atoms with Crippen LogP contribution in [0.25, 0.3) is 21.8 Å². The highest BCUT2D eigenvalue weighted by atomic mass is 16.2. The maximum Gasteiger partial charge on any atom is 0.272 e. The fraction of sp³-hybridized carbons (Fsp3) is 0. The molecule has 1 amide bonds. The monoisotopic (exact) mass is 305 g/mol. The molecule has 112 valence electrons. The normalized spacial score (nSPS) is 11.0. The van der Waals surface area contributed by atoms with Crippen LogP contribution in [0.1, 0.15) is 10.4 Å². The van der Waals surface area contributed by atoms with E-state index in [2.05, 4.69) is 20.6 Å². The Balaban J connectivity index is 1.93. The SMILES string of the molecule is O=C(Nn1cnnc1)c1cccc2c(=O)c3ccccc3[nH]c12. The molecule has 0 aliphatic rings. The average Bonchev–Trinajstić information content (AvgIpc) is 3.07. The van der Waals surface area contributed by atoms with Crippen LogP contribution in [0, 0.1) is 0 Å². The number of fused-ring (bicyclic) bond motifs is 2. The number of hydrogen-bond acceptors (Lipinski definition) is 4. The molecule has 0 fully saturated rings. The van der Waals surface area contributed by atoms with E-state index in [1.165, 1.54) is 17.3 Å². The van der Waals surface area contributed by atoms with Crippen molar-refractivity contribution in [1.29, 1.82) is 0 Å². The Morgan fingerprint density at radius 1 is 1.00 bits per heavy atom. The zero-order valence-corrected chi connectivity index (χ0v) is 11.9. The van der Waals surface area contributed by atoms with Gasteiger partial charge in [0, 0.05) is 16.3 Å². The number of H-pyrrole nitrogens is 1. The van der Waals surface area contributed by atoms with Crippen LogP contribution < -0.4 is 10.9 Å². The van der Waals surface area contributed by atoms with Gasteiger partial charge in [-0.05, 0) is 24.3 Å². The van der Waals surface area contributed by atoms with Crippen LogP contribution >= 0.6 is 0 Å². The molecule has 0 radical (unpaired) electrons. The van der Waals surface area contributed by atoms with Gasteiger partial charge >= 0.3 is 0 Å². The molecule has 2 aromatic heterocycles. The molecule has 7 nitrogen and oxygen atoms in total. The predicted octanol–water partition coefficient (Wildman–Crippen LogP) is 1.66. The van der Waals surface area contributed by atoms with Crippen LogP contribution in [0.4, 0.5) is 0 Å². The van der Waals surface area contributed by atoms with Gasteiger partial charge in [0.2, 0.25) is 0 Å². The number of para-hydroxylation sites is 2.